The van der Waals surface area contributed by atoms with Crippen LogP contribution in [0.4, 0.5) is 4.39 Å². The molecule has 0 amide bonds. The Hall–Kier alpha value is -1.94. The summed E-state index contributed by atoms with van der Waals surface area (Å²) in [4.78, 5) is 11.3. The van der Waals surface area contributed by atoms with E-state index in [1.54, 1.807) is 18.3 Å². The second kappa shape index (κ2) is 13.5. The van der Waals surface area contributed by atoms with Crippen LogP contribution in [0, 0.1) is 11.7 Å². The van der Waals surface area contributed by atoms with Crippen LogP contribution < -0.4 is 10.1 Å². The first-order valence-electron chi connectivity index (χ1n) is 10.6. The summed E-state index contributed by atoms with van der Waals surface area (Å²) in [5.74, 6) is 2.08. The van der Waals surface area contributed by atoms with Gasteiger partial charge in [-0.05, 0) is 50.3 Å². The summed E-state index contributed by atoms with van der Waals surface area (Å²) < 4.78 is 24.7. The summed E-state index contributed by atoms with van der Waals surface area (Å²) in [6.07, 6.45) is 5.06. The Morgan fingerprint density at radius 3 is 2.84 bits per heavy atom. The molecule has 1 N–H and O–H groups in total. The molecule has 0 unspecified atom stereocenters. The van der Waals surface area contributed by atoms with Crippen LogP contribution >= 0.6 is 24.0 Å². The Bertz CT molecular complexity index is 831. The molecule has 3 rings (SSSR count). The van der Waals surface area contributed by atoms with Crippen LogP contribution in [0.2, 0.25) is 0 Å². The average molecular weight is 542 g/mol. The molecule has 6 nitrogen and oxygen atoms in total. The summed E-state index contributed by atoms with van der Waals surface area (Å²) >= 11 is 0. The van der Waals surface area contributed by atoms with E-state index in [4.69, 9.17) is 14.5 Å². The zero-order valence-electron chi connectivity index (χ0n) is 18.2. The van der Waals surface area contributed by atoms with Gasteiger partial charge in [0.2, 0.25) is 5.88 Å². The highest BCUT2D eigenvalue weighted by Crippen LogP contribution is 2.24. The van der Waals surface area contributed by atoms with Crippen molar-refractivity contribution >= 4 is 29.9 Å². The monoisotopic (exact) mass is 542 g/mol. The molecule has 1 fully saturated rings. The molecule has 0 saturated carbocycles. The lowest BCUT2D eigenvalue weighted by atomic mass is 9.96. The topological polar surface area (TPSA) is 59.0 Å². The molecular weight excluding hydrogens is 510 g/mol. The first-order chi connectivity index (χ1) is 14.7. The van der Waals surface area contributed by atoms with Crippen molar-refractivity contribution in [3.63, 3.8) is 0 Å². The highest BCUT2D eigenvalue weighted by molar-refractivity contribution is 14.0. The maximum Gasteiger partial charge on any atom is 0.224 e. The summed E-state index contributed by atoms with van der Waals surface area (Å²) in [5, 5.41) is 3.36. The van der Waals surface area contributed by atoms with E-state index in [-0.39, 0.29) is 29.8 Å². The molecule has 0 atom stereocenters. The van der Waals surface area contributed by atoms with Gasteiger partial charge in [0.05, 0.1) is 6.54 Å². The van der Waals surface area contributed by atoms with Crippen LogP contribution in [-0.2, 0) is 11.3 Å². The number of ether oxygens (including phenoxy) is 2. The smallest absolute Gasteiger partial charge is 0.224 e. The molecule has 170 valence electrons. The molecule has 2 aromatic rings. The molecule has 0 bridgehead atoms. The maximum atomic E-state index is 13.5. The SMILES string of the molecule is CCNC(=NCc1cccnc1Oc1cccc(F)c1)N(C)CCC1CCOCC1.I. The number of halogens is 2. The summed E-state index contributed by atoms with van der Waals surface area (Å²) in [6.45, 7) is 5.96. The fourth-order valence-corrected chi connectivity index (χ4v) is 3.43. The number of rotatable bonds is 8. The zero-order valence-corrected chi connectivity index (χ0v) is 20.6. The summed E-state index contributed by atoms with van der Waals surface area (Å²) in [6, 6.07) is 9.83. The van der Waals surface area contributed by atoms with Gasteiger partial charge in [-0.25, -0.2) is 14.4 Å². The number of aromatic nitrogens is 1. The number of nitrogens with zero attached hydrogens (tertiary/aromatic N) is 3. The van der Waals surface area contributed by atoms with Crippen molar-refractivity contribution < 1.29 is 13.9 Å². The minimum Gasteiger partial charge on any atom is -0.439 e. The van der Waals surface area contributed by atoms with Crippen LogP contribution in [0.15, 0.2) is 47.6 Å². The minimum atomic E-state index is -0.344. The predicted octanol–water partition coefficient (Wildman–Crippen LogP) is 4.85. The largest absolute Gasteiger partial charge is 0.439 e. The zero-order chi connectivity index (χ0) is 21.2. The molecule has 0 radical (unpaired) electrons. The average Bonchev–Trinajstić information content (AvgIpc) is 2.76. The Labute approximate surface area is 201 Å². The number of benzene rings is 1. The molecule has 1 aromatic heterocycles. The normalized spacial score (nSPS) is 14.6. The molecule has 0 spiro atoms. The van der Waals surface area contributed by atoms with Crippen molar-refractivity contribution in [1.82, 2.24) is 15.2 Å². The van der Waals surface area contributed by atoms with E-state index in [0.29, 0.717) is 24.1 Å². The number of aliphatic imine (C=N–C) groups is 1. The van der Waals surface area contributed by atoms with Gasteiger partial charge in [0.25, 0.3) is 0 Å². The number of pyridine rings is 1. The lowest BCUT2D eigenvalue weighted by Gasteiger charge is -2.27. The standard InChI is InChI=1S/C23H31FN4O2.HI/c1-3-25-23(28(2)13-9-18-10-14-29-15-11-18)27-17-19-6-5-12-26-22(19)30-21-8-4-7-20(24)16-21;/h4-8,12,16,18H,3,9-11,13-15,17H2,1-2H3,(H,25,27);1H. The van der Waals surface area contributed by atoms with Gasteiger partial charge in [-0.2, -0.15) is 0 Å². The third kappa shape index (κ3) is 8.25. The molecule has 1 aromatic carbocycles. The Balaban J connectivity index is 0.00000341. The van der Waals surface area contributed by atoms with Gasteiger partial charge in [-0.15, -0.1) is 24.0 Å². The van der Waals surface area contributed by atoms with E-state index in [2.05, 4.69) is 29.2 Å². The van der Waals surface area contributed by atoms with E-state index in [1.807, 2.05) is 12.1 Å². The maximum absolute atomic E-state index is 13.5. The van der Waals surface area contributed by atoms with E-state index in [9.17, 15) is 4.39 Å². The Morgan fingerprint density at radius 1 is 1.29 bits per heavy atom. The molecular formula is C23H32FIN4O2. The molecule has 8 heteroatoms. The van der Waals surface area contributed by atoms with Crippen molar-refractivity contribution in [2.45, 2.75) is 32.7 Å². The first-order valence-corrected chi connectivity index (χ1v) is 10.6. The van der Waals surface area contributed by atoms with Crippen LogP contribution in [0.3, 0.4) is 0 Å². The van der Waals surface area contributed by atoms with Gasteiger partial charge in [0, 0.05) is 51.2 Å². The van der Waals surface area contributed by atoms with Crippen molar-refractivity contribution in [2.24, 2.45) is 10.9 Å². The van der Waals surface area contributed by atoms with Crippen molar-refractivity contribution in [1.29, 1.82) is 0 Å². The highest BCUT2D eigenvalue weighted by atomic mass is 127. The lowest BCUT2D eigenvalue weighted by Crippen LogP contribution is -2.40. The Morgan fingerprint density at radius 2 is 2.10 bits per heavy atom. The molecule has 31 heavy (non-hydrogen) atoms. The highest BCUT2D eigenvalue weighted by Gasteiger charge is 2.15. The first kappa shape index (κ1) is 25.3. The fraction of sp³-hybridized carbons (Fsp3) is 0.478. The van der Waals surface area contributed by atoms with Crippen LogP contribution in [0.25, 0.3) is 0 Å². The summed E-state index contributed by atoms with van der Waals surface area (Å²) in [7, 11) is 2.06. The van der Waals surface area contributed by atoms with Gasteiger partial charge in [0.1, 0.15) is 11.6 Å². The molecule has 2 heterocycles. The molecule has 1 aliphatic heterocycles. The molecule has 1 aliphatic rings. The van der Waals surface area contributed by atoms with Gasteiger partial charge >= 0.3 is 0 Å². The summed E-state index contributed by atoms with van der Waals surface area (Å²) in [5.41, 5.74) is 0.843. The second-order valence-corrected chi connectivity index (χ2v) is 7.46. The van der Waals surface area contributed by atoms with Gasteiger partial charge in [0.15, 0.2) is 5.96 Å². The lowest BCUT2D eigenvalue weighted by molar-refractivity contribution is 0.0625. The number of hydrogen-bond acceptors (Lipinski definition) is 4. The second-order valence-electron chi connectivity index (χ2n) is 7.46. The van der Waals surface area contributed by atoms with Crippen molar-refractivity contribution in [3.05, 3.63) is 54.0 Å². The number of hydrogen-bond donors (Lipinski definition) is 1. The van der Waals surface area contributed by atoms with E-state index in [0.717, 1.165) is 57.1 Å². The van der Waals surface area contributed by atoms with Gasteiger partial charge in [-0.1, -0.05) is 12.1 Å². The van der Waals surface area contributed by atoms with Gasteiger partial charge in [-0.3, -0.25) is 0 Å². The van der Waals surface area contributed by atoms with Crippen LogP contribution in [-0.4, -0.2) is 49.2 Å². The molecule has 1 saturated heterocycles. The number of nitrogens with one attached hydrogen (secondary N) is 1. The van der Waals surface area contributed by atoms with Crippen LogP contribution in [0.1, 0.15) is 31.7 Å². The van der Waals surface area contributed by atoms with E-state index >= 15 is 0 Å². The van der Waals surface area contributed by atoms with E-state index < -0.39 is 0 Å². The van der Waals surface area contributed by atoms with E-state index in [1.165, 1.54) is 12.1 Å². The predicted molar refractivity (Wildman–Crippen MR) is 132 cm³/mol. The van der Waals surface area contributed by atoms with Crippen LogP contribution in [0.5, 0.6) is 11.6 Å². The fourth-order valence-electron chi connectivity index (χ4n) is 3.43. The van der Waals surface area contributed by atoms with Crippen molar-refractivity contribution in [3.8, 4) is 11.6 Å². The third-order valence-corrected chi connectivity index (χ3v) is 5.17. The minimum absolute atomic E-state index is 0. The Kier molecular flexibility index (Phi) is 11.0. The van der Waals surface area contributed by atoms with Crippen molar-refractivity contribution in [2.75, 3.05) is 33.4 Å². The third-order valence-electron chi connectivity index (χ3n) is 5.17. The number of guanidine groups is 1. The quantitative estimate of drug-likeness (QED) is 0.294. The molecule has 0 aliphatic carbocycles. The van der Waals surface area contributed by atoms with Gasteiger partial charge < -0.3 is 19.7 Å².